The molecule has 0 saturated heterocycles. The number of carbonyl (C=O) groups excluding carboxylic acids is 1. The van der Waals surface area contributed by atoms with Crippen molar-refractivity contribution >= 4 is 23.2 Å². The van der Waals surface area contributed by atoms with Gasteiger partial charge in [-0.1, -0.05) is 24.3 Å². The minimum Gasteiger partial charge on any atom is -0.478 e. The first-order valence-electron chi connectivity index (χ1n) is 6.72. The lowest BCUT2D eigenvalue weighted by molar-refractivity contribution is -0.121. The van der Waals surface area contributed by atoms with E-state index in [0.717, 1.165) is 4.88 Å². The second-order valence-corrected chi connectivity index (χ2v) is 5.75. The molecule has 1 atom stereocenters. The second-order valence-electron chi connectivity index (χ2n) is 4.77. The normalized spacial score (nSPS) is 11.9. The van der Waals surface area contributed by atoms with Crippen LogP contribution in [0.3, 0.4) is 0 Å². The van der Waals surface area contributed by atoms with Gasteiger partial charge in [-0.25, -0.2) is 4.79 Å². The molecule has 0 spiro atoms. The Morgan fingerprint density at radius 2 is 2.00 bits per heavy atom. The van der Waals surface area contributed by atoms with Gasteiger partial charge in [-0.3, -0.25) is 4.79 Å². The molecule has 110 valence electrons. The summed E-state index contributed by atoms with van der Waals surface area (Å²) in [5.74, 6) is -1.03. The van der Waals surface area contributed by atoms with Gasteiger partial charge in [0.1, 0.15) is 0 Å². The molecule has 1 unspecified atom stereocenters. The van der Waals surface area contributed by atoms with Crippen molar-refractivity contribution in [2.45, 2.75) is 25.8 Å². The van der Waals surface area contributed by atoms with Gasteiger partial charge in [-0.05, 0) is 36.4 Å². The van der Waals surface area contributed by atoms with Crippen LogP contribution < -0.4 is 5.32 Å². The van der Waals surface area contributed by atoms with Crippen LogP contribution in [0.2, 0.25) is 0 Å². The Balaban J connectivity index is 1.91. The SMILES string of the molecule is CC(NC(=O)CCc1ccccc1C(=O)O)c1cccs1. The predicted octanol–water partition coefficient (Wildman–Crippen LogP) is 3.26. The van der Waals surface area contributed by atoms with Crippen molar-refractivity contribution < 1.29 is 14.7 Å². The van der Waals surface area contributed by atoms with Gasteiger partial charge in [-0.15, -0.1) is 11.3 Å². The largest absolute Gasteiger partial charge is 0.478 e. The zero-order valence-corrected chi connectivity index (χ0v) is 12.5. The summed E-state index contributed by atoms with van der Waals surface area (Å²) >= 11 is 1.60. The molecule has 4 nitrogen and oxygen atoms in total. The van der Waals surface area contributed by atoms with E-state index in [4.69, 9.17) is 5.11 Å². The van der Waals surface area contributed by atoms with Crippen LogP contribution in [0.1, 0.15) is 40.2 Å². The first kappa shape index (κ1) is 15.3. The number of nitrogens with one attached hydrogen (secondary N) is 1. The Labute approximate surface area is 127 Å². The predicted molar refractivity (Wildman–Crippen MR) is 82.6 cm³/mol. The molecule has 0 bridgehead atoms. The molecule has 0 radical (unpaired) electrons. The molecule has 0 saturated carbocycles. The highest BCUT2D eigenvalue weighted by Crippen LogP contribution is 2.18. The second kappa shape index (κ2) is 7.04. The topological polar surface area (TPSA) is 66.4 Å². The number of aryl methyl sites for hydroxylation is 1. The van der Waals surface area contributed by atoms with Gasteiger partial charge in [0.05, 0.1) is 11.6 Å². The maximum atomic E-state index is 11.9. The number of hydrogen-bond acceptors (Lipinski definition) is 3. The Kier molecular flexibility index (Phi) is 5.11. The molecule has 2 aromatic rings. The molecule has 1 aromatic heterocycles. The number of amides is 1. The fourth-order valence-corrected chi connectivity index (χ4v) is 2.85. The molecule has 0 aliphatic heterocycles. The lowest BCUT2D eigenvalue weighted by atomic mass is 10.0. The maximum Gasteiger partial charge on any atom is 0.335 e. The van der Waals surface area contributed by atoms with E-state index in [1.807, 2.05) is 24.4 Å². The third kappa shape index (κ3) is 4.16. The van der Waals surface area contributed by atoms with Gasteiger partial charge in [0, 0.05) is 11.3 Å². The molecule has 0 fully saturated rings. The van der Waals surface area contributed by atoms with Crippen molar-refractivity contribution in [1.82, 2.24) is 5.32 Å². The third-order valence-electron chi connectivity index (χ3n) is 3.22. The highest BCUT2D eigenvalue weighted by Gasteiger charge is 2.13. The van der Waals surface area contributed by atoms with Gasteiger partial charge in [0.2, 0.25) is 5.91 Å². The number of thiophene rings is 1. The van der Waals surface area contributed by atoms with Gasteiger partial charge in [-0.2, -0.15) is 0 Å². The molecule has 0 aliphatic carbocycles. The van der Waals surface area contributed by atoms with Crippen molar-refractivity contribution in [2.24, 2.45) is 0 Å². The number of carboxylic acid groups (broad SMARTS) is 1. The molecule has 2 rings (SSSR count). The van der Waals surface area contributed by atoms with Crippen LogP contribution in [0.5, 0.6) is 0 Å². The summed E-state index contributed by atoms with van der Waals surface area (Å²) in [6.07, 6.45) is 0.700. The lowest BCUT2D eigenvalue weighted by Gasteiger charge is -2.12. The van der Waals surface area contributed by atoms with E-state index < -0.39 is 5.97 Å². The number of aromatic carboxylic acids is 1. The highest BCUT2D eigenvalue weighted by atomic mass is 32.1. The van der Waals surface area contributed by atoms with E-state index in [1.165, 1.54) is 0 Å². The Hall–Kier alpha value is -2.14. The molecule has 1 amide bonds. The molecule has 1 aromatic carbocycles. The van der Waals surface area contributed by atoms with Crippen molar-refractivity contribution in [2.75, 3.05) is 0 Å². The summed E-state index contributed by atoms with van der Waals surface area (Å²) in [5, 5.41) is 14.0. The van der Waals surface area contributed by atoms with Crippen LogP contribution in [0, 0.1) is 0 Å². The quantitative estimate of drug-likeness (QED) is 0.861. The Morgan fingerprint density at radius 3 is 2.67 bits per heavy atom. The van der Waals surface area contributed by atoms with Crippen molar-refractivity contribution in [3.8, 4) is 0 Å². The minimum absolute atomic E-state index is 0.0211. The van der Waals surface area contributed by atoms with Gasteiger partial charge >= 0.3 is 5.97 Å². The molecule has 0 aliphatic rings. The summed E-state index contributed by atoms with van der Waals surface area (Å²) in [7, 11) is 0. The highest BCUT2D eigenvalue weighted by molar-refractivity contribution is 7.10. The van der Waals surface area contributed by atoms with E-state index in [2.05, 4.69) is 5.32 Å². The fourth-order valence-electron chi connectivity index (χ4n) is 2.12. The third-order valence-corrected chi connectivity index (χ3v) is 4.27. The number of carbonyl (C=O) groups is 2. The molecule has 21 heavy (non-hydrogen) atoms. The molecular weight excluding hydrogens is 286 g/mol. The van der Waals surface area contributed by atoms with Crippen LogP contribution in [-0.2, 0) is 11.2 Å². The zero-order chi connectivity index (χ0) is 15.2. The van der Waals surface area contributed by atoms with Crippen LogP contribution in [0.4, 0.5) is 0 Å². The van der Waals surface area contributed by atoms with E-state index >= 15 is 0 Å². The first-order valence-corrected chi connectivity index (χ1v) is 7.60. The van der Waals surface area contributed by atoms with Crippen LogP contribution in [-0.4, -0.2) is 17.0 Å². The van der Waals surface area contributed by atoms with E-state index in [0.29, 0.717) is 12.0 Å². The standard InChI is InChI=1S/C16H17NO3S/c1-11(14-7-4-10-21-14)17-15(18)9-8-12-5-2-3-6-13(12)16(19)20/h2-7,10-11H,8-9H2,1H3,(H,17,18)(H,19,20). The number of benzene rings is 1. The Bertz CT molecular complexity index is 622. The number of carboxylic acids is 1. The summed E-state index contributed by atoms with van der Waals surface area (Å²) in [6, 6.07) is 10.7. The average molecular weight is 303 g/mol. The van der Waals surface area contributed by atoms with Crippen molar-refractivity contribution in [3.05, 3.63) is 57.8 Å². The molecule has 5 heteroatoms. The number of hydrogen-bond donors (Lipinski definition) is 2. The summed E-state index contributed by atoms with van der Waals surface area (Å²) in [4.78, 5) is 24.2. The van der Waals surface area contributed by atoms with E-state index in [9.17, 15) is 9.59 Å². The monoisotopic (exact) mass is 303 g/mol. The lowest BCUT2D eigenvalue weighted by Crippen LogP contribution is -2.26. The molecular formula is C16H17NO3S. The Morgan fingerprint density at radius 1 is 1.24 bits per heavy atom. The first-order chi connectivity index (χ1) is 10.1. The summed E-state index contributed by atoms with van der Waals surface area (Å²) < 4.78 is 0. The molecule has 1 heterocycles. The molecule has 2 N–H and O–H groups in total. The van der Waals surface area contributed by atoms with Crippen LogP contribution in [0.25, 0.3) is 0 Å². The van der Waals surface area contributed by atoms with Crippen LogP contribution in [0.15, 0.2) is 41.8 Å². The average Bonchev–Trinajstić information content (AvgIpc) is 2.99. The summed E-state index contributed by atoms with van der Waals surface area (Å²) in [6.45, 7) is 1.94. The van der Waals surface area contributed by atoms with Gasteiger partial charge in [0.15, 0.2) is 0 Å². The van der Waals surface area contributed by atoms with Gasteiger partial charge in [0.25, 0.3) is 0 Å². The van der Waals surface area contributed by atoms with Crippen LogP contribution >= 0.6 is 11.3 Å². The van der Waals surface area contributed by atoms with E-state index in [1.54, 1.807) is 35.6 Å². The summed E-state index contributed by atoms with van der Waals surface area (Å²) in [5.41, 5.74) is 0.945. The smallest absolute Gasteiger partial charge is 0.335 e. The van der Waals surface area contributed by atoms with Crippen molar-refractivity contribution in [3.63, 3.8) is 0 Å². The zero-order valence-electron chi connectivity index (χ0n) is 11.7. The number of rotatable bonds is 6. The van der Waals surface area contributed by atoms with E-state index in [-0.39, 0.29) is 23.9 Å². The van der Waals surface area contributed by atoms with Gasteiger partial charge < -0.3 is 10.4 Å². The maximum absolute atomic E-state index is 11.9. The minimum atomic E-state index is -0.960. The fraction of sp³-hybridized carbons (Fsp3) is 0.250. The van der Waals surface area contributed by atoms with Crippen molar-refractivity contribution in [1.29, 1.82) is 0 Å².